The summed E-state index contributed by atoms with van der Waals surface area (Å²) in [6.45, 7) is 5.83. The molecule has 2 amide bonds. The average Bonchev–Trinajstić information content (AvgIpc) is 2.43. The van der Waals surface area contributed by atoms with Crippen molar-refractivity contribution in [2.24, 2.45) is 5.41 Å². The van der Waals surface area contributed by atoms with Crippen LogP contribution in [0.15, 0.2) is 0 Å². The first-order chi connectivity index (χ1) is 9.05. The summed E-state index contributed by atoms with van der Waals surface area (Å²) in [5.74, 6) is -0.724. The highest BCUT2D eigenvalue weighted by molar-refractivity contribution is 5.77. The predicted octanol–water partition coefficient (Wildman–Crippen LogP) is 2.46. The number of carboxylic acids is 1. The second kappa shape index (κ2) is 7.36. The fourth-order valence-corrected chi connectivity index (χ4v) is 2.54. The number of nitrogens with one attached hydrogen (secondary N) is 1. The van der Waals surface area contributed by atoms with Crippen LogP contribution in [-0.2, 0) is 4.79 Å². The van der Waals surface area contributed by atoms with Crippen molar-refractivity contribution in [3.8, 4) is 0 Å². The monoisotopic (exact) mass is 270 g/mol. The molecule has 1 fully saturated rings. The summed E-state index contributed by atoms with van der Waals surface area (Å²) in [7, 11) is 0. The highest BCUT2D eigenvalue weighted by Crippen LogP contribution is 2.35. The topological polar surface area (TPSA) is 69.6 Å². The van der Waals surface area contributed by atoms with Crippen LogP contribution in [0.3, 0.4) is 0 Å². The van der Waals surface area contributed by atoms with Crippen molar-refractivity contribution in [1.82, 2.24) is 10.2 Å². The number of nitrogens with zero attached hydrogens (tertiary/aromatic N) is 1. The summed E-state index contributed by atoms with van der Waals surface area (Å²) in [6, 6.07) is -0.0498. The van der Waals surface area contributed by atoms with Gasteiger partial charge in [-0.1, -0.05) is 26.7 Å². The Balaban J connectivity index is 2.36. The van der Waals surface area contributed by atoms with Crippen LogP contribution in [0.25, 0.3) is 0 Å². The fraction of sp³-hybridized carbons (Fsp3) is 0.857. The summed E-state index contributed by atoms with van der Waals surface area (Å²) in [6.07, 6.45) is 5.01. The Morgan fingerprint density at radius 3 is 2.32 bits per heavy atom. The van der Waals surface area contributed by atoms with E-state index in [9.17, 15) is 14.7 Å². The van der Waals surface area contributed by atoms with Gasteiger partial charge in [0.2, 0.25) is 0 Å². The number of piperidine rings is 1. The van der Waals surface area contributed by atoms with Crippen LogP contribution in [-0.4, -0.2) is 41.6 Å². The van der Waals surface area contributed by atoms with Gasteiger partial charge >= 0.3 is 12.0 Å². The van der Waals surface area contributed by atoms with Crippen LogP contribution in [0.1, 0.15) is 52.4 Å². The van der Waals surface area contributed by atoms with Crippen LogP contribution in [0.5, 0.6) is 0 Å². The van der Waals surface area contributed by atoms with E-state index < -0.39 is 11.4 Å². The molecule has 0 aliphatic carbocycles. The number of hydrogen-bond donors (Lipinski definition) is 2. The lowest BCUT2D eigenvalue weighted by Gasteiger charge is -2.38. The van der Waals surface area contributed by atoms with Gasteiger partial charge in [-0.05, 0) is 25.7 Å². The molecule has 2 N–H and O–H groups in total. The SMILES string of the molecule is CCCCCNC(=O)N1CCC(CC)(C(=O)O)CC1. The minimum Gasteiger partial charge on any atom is -0.481 e. The number of carbonyl (C=O) groups excluding carboxylic acids is 1. The fourth-order valence-electron chi connectivity index (χ4n) is 2.54. The van der Waals surface area contributed by atoms with E-state index in [1.54, 1.807) is 4.90 Å². The summed E-state index contributed by atoms with van der Waals surface area (Å²) in [4.78, 5) is 24.9. The van der Waals surface area contributed by atoms with Gasteiger partial charge in [0.15, 0.2) is 0 Å². The van der Waals surface area contributed by atoms with Crippen molar-refractivity contribution in [3.63, 3.8) is 0 Å². The van der Waals surface area contributed by atoms with Crippen molar-refractivity contribution >= 4 is 12.0 Å². The van der Waals surface area contributed by atoms with Gasteiger partial charge < -0.3 is 15.3 Å². The smallest absolute Gasteiger partial charge is 0.317 e. The second-order valence-corrected chi connectivity index (χ2v) is 5.37. The van der Waals surface area contributed by atoms with Crippen LogP contribution >= 0.6 is 0 Å². The number of carboxylic acid groups (broad SMARTS) is 1. The minimum absolute atomic E-state index is 0.0498. The standard InChI is InChI=1S/C14H26N2O3/c1-3-5-6-9-15-13(19)16-10-7-14(4-2,8-11-16)12(17)18/h3-11H2,1-2H3,(H,15,19)(H,17,18). The summed E-state index contributed by atoms with van der Waals surface area (Å²) in [5, 5.41) is 12.2. The molecule has 1 aliphatic rings. The first kappa shape index (κ1) is 15.8. The molecule has 0 radical (unpaired) electrons. The summed E-state index contributed by atoms with van der Waals surface area (Å²) >= 11 is 0. The molecule has 110 valence electrons. The number of amides is 2. The maximum atomic E-state index is 11.9. The molecule has 0 spiro atoms. The zero-order valence-electron chi connectivity index (χ0n) is 12.1. The normalized spacial score (nSPS) is 18.1. The van der Waals surface area contributed by atoms with Crippen molar-refractivity contribution in [2.75, 3.05) is 19.6 Å². The molecule has 0 aromatic heterocycles. The number of urea groups is 1. The third-order valence-electron chi connectivity index (χ3n) is 4.19. The largest absolute Gasteiger partial charge is 0.481 e. The Labute approximate surface area is 115 Å². The Bertz CT molecular complexity index is 310. The molecule has 5 heteroatoms. The molecule has 0 saturated carbocycles. The zero-order chi connectivity index (χ0) is 14.3. The van der Waals surface area contributed by atoms with E-state index in [2.05, 4.69) is 12.2 Å². The van der Waals surface area contributed by atoms with E-state index in [1.807, 2.05) is 6.92 Å². The average molecular weight is 270 g/mol. The molecule has 1 rings (SSSR count). The zero-order valence-corrected chi connectivity index (χ0v) is 12.1. The molecule has 0 unspecified atom stereocenters. The van der Waals surface area contributed by atoms with Gasteiger partial charge in [-0.25, -0.2) is 4.79 Å². The maximum absolute atomic E-state index is 11.9. The first-order valence-electron chi connectivity index (χ1n) is 7.32. The lowest BCUT2D eigenvalue weighted by Crippen LogP contribution is -2.49. The summed E-state index contributed by atoms with van der Waals surface area (Å²) < 4.78 is 0. The van der Waals surface area contributed by atoms with E-state index in [1.165, 1.54) is 0 Å². The van der Waals surface area contributed by atoms with Crippen LogP contribution in [0.2, 0.25) is 0 Å². The predicted molar refractivity (Wildman–Crippen MR) is 74.1 cm³/mol. The van der Waals surface area contributed by atoms with Gasteiger partial charge in [0.1, 0.15) is 0 Å². The quantitative estimate of drug-likeness (QED) is 0.728. The van der Waals surface area contributed by atoms with E-state index in [0.717, 1.165) is 19.3 Å². The third kappa shape index (κ3) is 4.11. The molecule has 1 heterocycles. The number of carbonyl (C=O) groups is 2. The Kier molecular flexibility index (Phi) is 6.12. The number of hydrogen-bond acceptors (Lipinski definition) is 2. The molecule has 5 nitrogen and oxygen atoms in total. The Morgan fingerprint density at radius 1 is 1.21 bits per heavy atom. The van der Waals surface area contributed by atoms with E-state index in [4.69, 9.17) is 0 Å². The number of likely N-dealkylation sites (tertiary alicyclic amines) is 1. The molecule has 0 aromatic rings. The van der Waals surface area contributed by atoms with Crippen molar-refractivity contribution in [3.05, 3.63) is 0 Å². The van der Waals surface area contributed by atoms with Gasteiger partial charge in [0, 0.05) is 19.6 Å². The van der Waals surface area contributed by atoms with Crippen molar-refractivity contribution < 1.29 is 14.7 Å². The Morgan fingerprint density at radius 2 is 1.84 bits per heavy atom. The van der Waals surface area contributed by atoms with Crippen molar-refractivity contribution in [2.45, 2.75) is 52.4 Å². The molecule has 0 atom stereocenters. The van der Waals surface area contributed by atoms with Gasteiger partial charge in [0.25, 0.3) is 0 Å². The molecule has 19 heavy (non-hydrogen) atoms. The molecular weight excluding hydrogens is 244 g/mol. The van der Waals surface area contributed by atoms with Crippen LogP contribution in [0.4, 0.5) is 4.79 Å². The molecular formula is C14H26N2O3. The van der Waals surface area contributed by atoms with E-state index in [0.29, 0.717) is 38.9 Å². The highest BCUT2D eigenvalue weighted by Gasteiger charge is 2.40. The second-order valence-electron chi connectivity index (χ2n) is 5.37. The highest BCUT2D eigenvalue weighted by atomic mass is 16.4. The van der Waals surface area contributed by atoms with E-state index in [-0.39, 0.29) is 6.03 Å². The number of rotatable bonds is 6. The van der Waals surface area contributed by atoms with Gasteiger partial charge in [-0.2, -0.15) is 0 Å². The van der Waals surface area contributed by atoms with Crippen molar-refractivity contribution in [1.29, 1.82) is 0 Å². The lowest BCUT2D eigenvalue weighted by molar-refractivity contribution is -0.151. The van der Waals surface area contributed by atoms with Crippen LogP contribution in [0, 0.1) is 5.41 Å². The first-order valence-corrected chi connectivity index (χ1v) is 7.32. The Hall–Kier alpha value is -1.26. The maximum Gasteiger partial charge on any atom is 0.317 e. The summed E-state index contributed by atoms with van der Waals surface area (Å²) in [5.41, 5.74) is -0.626. The molecule has 0 bridgehead atoms. The number of unbranched alkanes of at least 4 members (excludes halogenated alkanes) is 2. The molecule has 1 aliphatic heterocycles. The van der Waals surface area contributed by atoms with E-state index >= 15 is 0 Å². The molecule has 0 aromatic carbocycles. The lowest BCUT2D eigenvalue weighted by atomic mass is 9.76. The third-order valence-corrected chi connectivity index (χ3v) is 4.19. The minimum atomic E-state index is -0.724. The van der Waals surface area contributed by atoms with Crippen LogP contribution < -0.4 is 5.32 Å². The van der Waals surface area contributed by atoms with Gasteiger partial charge in [0.05, 0.1) is 5.41 Å². The van der Waals surface area contributed by atoms with Gasteiger partial charge in [-0.15, -0.1) is 0 Å². The van der Waals surface area contributed by atoms with Gasteiger partial charge in [-0.3, -0.25) is 4.79 Å². The molecule has 1 saturated heterocycles. The number of aliphatic carboxylic acids is 1.